The maximum atomic E-state index is 13.0. The van der Waals surface area contributed by atoms with Crippen LogP contribution in [0.4, 0.5) is 0 Å². The predicted molar refractivity (Wildman–Crippen MR) is 107 cm³/mol. The number of aryl methyl sites for hydroxylation is 1. The van der Waals surface area contributed by atoms with E-state index in [0.717, 1.165) is 11.3 Å². The van der Waals surface area contributed by atoms with Gasteiger partial charge in [0.25, 0.3) is 5.91 Å². The number of likely N-dealkylation sites (tertiary alicyclic amines) is 1. The van der Waals surface area contributed by atoms with Crippen LogP contribution in [0.15, 0.2) is 54.6 Å². The molecule has 1 aromatic heterocycles. The van der Waals surface area contributed by atoms with Crippen molar-refractivity contribution in [2.45, 2.75) is 25.4 Å². The maximum Gasteiger partial charge on any atom is 0.276 e. The molecule has 2 aromatic carbocycles. The molecule has 6 nitrogen and oxygen atoms in total. The van der Waals surface area contributed by atoms with Crippen molar-refractivity contribution in [3.63, 3.8) is 0 Å². The Balaban J connectivity index is 1.49. The summed E-state index contributed by atoms with van der Waals surface area (Å²) in [5.41, 5.74) is 1.63. The Bertz CT molecular complexity index is 977. The summed E-state index contributed by atoms with van der Waals surface area (Å²) in [7, 11) is 0. The lowest BCUT2D eigenvalue weighted by Gasteiger charge is -2.38. The van der Waals surface area contributed by atoms with Crippen molar-refractivity contribution in [2.24, 2.45) is 0 Å². The van der Waals surface area contributed by atoms with Crippen LogP contribution in [-0.4, -0.2) is 44.0 Å². The third-order valence-corrected chi connectivity index (χ3v) is 5.48. The number of rotatable bonds is 3. The van der Waals surface area contributed by atoms with Crippen molar-refractivity contribution in [2.75, 3.05) is 13.1 Å². The van der Waals surface area contributed by atoms with Gasteiger partial charge >= 0.3 is 0 Å². The molecule has 0 radical (unpaired) electrons. The molecule has 3 aromatic rings. The van der Waals surface area contributed by atoms with Crippen molar-refractivity contribution < 1.29 is 9.90 Å². The minimum Gasteiger partial charge on any atom is -0.385 e. The summed E-state index contributed by atoms with van der Waals surface area (Å²) in [5.74, 6) is -0.155. The van der Waals surface area contributed by atoms with Gasteiger partial charge in [-0.25, -0.2) is 0 Å². The number of para-hydroxylation sites is 1. The van der Waals surface area contributed by atoms with E-state index in [0.29, 0.717) is 42.3 Å². The number of hydrogen-bond donors (Lipinski definition) is 1. The molecule has 2 heterocycles. The molecular formula is C21H21ClN4O2. The quantitative estimate of drug-likeness (QED) is 0.737. The molecule has 1 aliphatic heterocycles. The first kappa shape index (κ1) is 18.7. The van der Waals surface area contributed by atoms with E-state index < -0.39 is 5.60 Å². The van der Waals surface area contributed by atoms with Crippen LogP contribution in [-0.2, 0) is 5.60 Å². The van der Waals surface area contributed by atoms with Gasteiger partial charge in [0.05, 0.1) is 17.0 Å². The third-order valence-electron chi connectivity index (χ3n) is 5.23. The van der Waals surface area contributed by atoms with Crippen molar-refractivity contribution in [3.05, 3.63) is 76.6 Å². The fourth-order valence-corrected chi connectivity index (χ4v) is 3.66. The van der Waals surface area contributed by atoms with E-state index in [1.165, 1.54) is 4.80 Å². The molecule has 1 saturated heterocycles. The highest BCUT2D eigenvalue weighted by atomic mass is 35.5. The number of halogens is 1. The van der Waals surface area contributed by atoms with Gasteiger partial charge in [0.2, 0.25) is 0 Å². The first-order valence-electron chi connectivity index (χ1n) is 9.23. The van der Waals surface area contributed by atoms with Crippen LogP contribution in [0, 0.1) is 6.92 Å². The number of benzene rings is 2. The Morgan fingerprint density at radius 1 is 1.04 bits per heavy atom. The standard InChI is InChI=1S/C21H21ClN4O2/c1-15-19(24-26(23-15)18-5-3-2-4-6-18)20(27)25-13-11-21(28,12-14-25)16-7-9-17(22)10-8-16/h2-10,28H,11-14H2,1H3. The van der Waals surface area contributed by atoms with Crippen LogP contribution < -0.4 is 0 Å². The molecule has 0 aliphatic carbocycles. The number of aromatic nitrogens is 3. The summed E-state index contributed by atoms with van der Waals surface area (Å²) in [6, 6.07) is 16.7. The Kier molecular flexibility index (Phi) is 4.91. The van der Waals surface area contributed by atoms with Gasteiger partial charge in [-0.15, -0.1) is 5.10 Å². The predicted octanol–water partition coefficient (Wildman–Crippen LogP) is 3.35. The maximum absolute atomic E-state index is 13.0. The number of nitrogens with zero attached hydrogens (tertiary/aromatic N) is 4. The minimum absolute atomic E-state index is 0.155. The highest BCUT2D eigenvalue weighted by Crippen LogP contribution is 2.33. The summed E-state index contributed by atoms with van der Waals surface area (Å²) >= 11 is 5.94. The number of carbonyl (C=O) groups excluding carboxylic acids is 1. The van der Waals surface area contributed by atoms with Gasteiger partial charge in [-0.2, -0.15) is 9.90 Å². The van der Waals surface area contributed by atoms with Gasteiger partial charge in [0.1, 0.15) is 0 Å². The van der Waals surface area contributed by atoms with Crippen LogP contribution >= 0.6 is 11.6 Å². The highest BCUT2D eigenvalue weighted by Gasteiger charge is 2.36. The van der Waals surface area contributed by atoms with Gasteiger partial charge in [-0.3, -0.25) is 4.79 Å². The monoisotopic (exact) mass is 396 g/mol. The first-order chi connectivity index (χ1) is 13.5. The number of amides is 1. The van der Waals surface area contributed by atoms with Crippen LogP contribution in [0.5, 0.6) is 0 Å². The van der Waals surface area contributed by atoms with Crippen LogP contribution in [0.3, 0.4) is 0 Å². The average molecular weight is 397 g/mol. The van der Waals surface area contributed by atoms with Gasteiger partial charge < -0.3 is 10.0 Å². The fraction of sp³-hybridized carbons (Fsp3) is 0.286. The molecule has 7 heteroatoms. The summed E-state index contributed by atoms with van der Waals surface area (Å²) in [6.07, 6.45) is 0.929. The van der Waals surface area contributed by atoms with E-state index in [9.17, 15) is 9.90 Å². The second-order valence-electron chi connectivity index (χ2n) is 7.09. The molecule has 0 bridgehead atoms. The molecule has 0 saturated carbocycles. The lowest BCUT2D eigenvalue weighted by atomic mass is 9.84. The first-order valence-corrected chi connectivity index (χ1v) is 9.61. The van der Waals surface area contributed by atoms with E-state index in [1.807, 2.05) is 42.5 Å². The molecule has 0 unspecified atom stereocenters. The molecule has 1 aliphatic rings. The van der Waals surface area contributed by atoms with Crippen molar-refractivity contribution in [1.29, 1.82) is 0 Å². The van der Waals surface area contributed by atoms with E-state index in [-0.39, 0.29) is 5.91 Å². The van der Waals surface area contributed by atoms with Crippen molar-refractivity contribution in [3.8, 4) is 5.69 Å². The second-order valence-corrected chi connectivity index (χ2v) is 7.53. The molecule has 1 N–H and O–H groups in total. The molecule has 4 rings (SSSR count). The normalized spacial score (nSPS) is 16.2. The summed E-state index contributed by atoms with van der Waals surface area (Å²) in [5, 5.41) is 20.4. The summed E-state index contributed by atoms with van der Waals surface area (Å²) in [6.45, 7) is 2.69. The smallest absolute Gasteiger partial charge is 0.276 e. The minimum atomic E-state index is -0.946. The van der Waals surface area contributed by atoms with Gasteiger partial charge in [0, 0.05) is 18.1 Å². The van der Waals surface area contributed by atoms with Gasteiger partial charge in [-0.1, -0.05) is 41.9 Å². The lowest BCUT2D eigenvalue weighted by Crippen LogP contribution is -2.45. The summed E-state index contributed by atoms with van der Waals surface area (Å²) in [4.78, 5) is 16.2. The van der Waals surface area contributed by atoms with Crippen LogP contribution in [0.1, 0.15) is 34.6 Å². The van der Waals surface area contributed by atoms with E-state index in [2.05, 4.69) is 10.2 Å². The van der Waals surface area contributed by atoms with Gasteiger partial charge in [-0.05, 0) is 49.6 Å². The van der Waals surface area contributed by atoms with Crippen molar-refractivity contribution >= 4 is 17.5 Å². The van der Waals surface area contributed by atoms with E-state index in [1.54, 1.807) is 24.0 Å². The largest absolute Gasteiger partial charge is 0.385 e. The molecule has 0 spiro atoms. The molecular weight excluding hydrogens is 376 g/mol. The molecule has 28 heavy (non-hydrogen) atoms. The number of carbonyl (C=O) groups is 1. The SMILES string of the molecule is Cc1nn(-c2ccccc2)nc1C(=O)N1CCC(O)(c2ccc(Cl)cc2)CC1. The second kappa shape index (κ2) is 7.37. The Morgan fingerprint density at radius 2 is 1.68 bits per heavy atom. The lowest BCUT2D eigenvalue weighted by molar-refractivity contribution is -0.0212. The zero-order valence-electron chi connectivity index (χ0n) is 15.5. The number of aliphatic hydroxyl groups is 1. The van der Waals surface area contributed by atoms with Crippen molar-refractivity contribution in [1.82, 2.24) is 19.9 Å². The Hall–Kier alpha value is -2.70. The average Bonchev–Trinajstić information content (AvgIpc) is 3.11. The van der Waals surface area contributed by atoms with Crippen LogP contribution in [0.2, 0.25) is 5.02 Å². The number of hydrogen-bond acceptors (Lipinski definition) is 4. The zero-order chi connectivity index (χ0) is 19.7. The molecule has 144 valence electrons. The number of piperidine rings is 1. The van der Waals surface area contributed by atoms with E-state index in [4.69, 9.17) is 11.6 Å². The Labute approximate surface area is 168 Å². The van der Waals surface area contributed by atoms with Gasteiger partial charge in [0.15, 0.2) is 5.69 Å². The molecule has 1 fully saturated rings. The van der Waals surface area contributed by atoms with E-state index >= 15 is 0 Å². The highest BCUT2D eigenvalue weighted by molar-refractivity contribution is 6.30. The third kappa shape index (κ3) is 3.53. The Morgan fingerprint density at radius 3 is 2.32 bits per heavy atom. The zero-order valence-corrected chi connectivity index (χ0v) is 16.3. The fourth-order valence-electron chi connectivity index (χ4n) is 3.53. The topological polar surface area (TPSA) is 71.2 Å². The summed E-state index contributed by atoms with van der Waals surface area (Å²) < 4.78 is 0. The molecule has 0 atom stereocenters. The molecule has 1 amide bonds. The van der Waals surface area contributed by atoms with Crippen LogP contribution in [0.25, 0.3) is 5.69 Å².